The molecular weight excluding hydrogens is 314 g/mol. The molecule has 0 fully saturated rings. The standard InChI is InChI=1S/C17H25NO6/c1-17(2,3)24-16(22)18(10-15(20)21)9-14(19)12-23-11-13-7-5-4-6-8-13/h4-8,14,19H,9-12H2,1-3H3,(H,20,21)/t14-/m1/s1. The van der Waals surface area contributed by atoms with Crippen molar-refractivity contribution in [2.75, 3.05) is 19.7 Å². The molecule has 0 unspecified atom stereocenters. The summed E-state index contributed by atoms with van der Waals surface area (Å²) in [5, 5.41) is 18.9. The summed E-state index contributed by atoms with van der Waals surface area (Å²) >= 11 is 0. The smallest absolute Gasteiger partial charge is 0.410 e. The largest absolute Gasteiger partial charge is 0.480 e. The van der Waals surface area contributed by atoms with Gasteiger partial charge in [-0.25, -0.2) is 4.79 Å². The molecule has 1 aromatic carbocycles. The fourth-order valence-corrected chi connectivity index (χ4v) is 1.89. The summed E-state index contributed by atoms with van der Waals surface area (Å²) in [6.45, 7) is 4.62. The molecule has 24 heavy (non-hydrogen) atoms. The van der Waals surface area contributed by atoms with Crippen LogP contribution >= 0.6 is 0 Å². The first kappa shape index (κ1) is 19.9. The number of carbonyl (C=O) groups is 2. The van der Waals surface area contributed by atoms with Gasteiger partial charge in [-0.3, -0.25) is 9.69 Å². The van der Waals surface area contributed by atoms with E-state index in [-0.39, 0.29) is 13.2 Å². The summed E-state index contributed by atoms with van der Waals surface area (Å²) in [6.07, 6.45) is -1.80. The first-order valence-electron chi connectivity index (χ1n) is 7.67. The Kier molecular flexibility index (Phi) is 7.67. The second-order valence-corrected chi connectivity index (χ2v) is 6.41. The maximum absolute atomic E-state index is 12.0. The van der Waals surface area contributed by atoms with Gasteiger partial charge in [-0.05, 0) is 26.3 Å². The number of amides is 1. The Morgan fingerprint density at radius 2 is 1.83 bits per heavy atom. The normalized spacial score (nSPS) is 12.5. The molecule has 1 rings (SSSR count). The van der Waals surface area contributed by atoms with E-state index in [1.807, 2.05) is 30.3 Å². The fourth-order valence-electron chi connectivity index (χ4n) is 1.89. The van der Waals surface area contributed by atoms with E-state index in [1.165, 1.54) is 0 Å². The molecule has 0 aliphatic carbocycles. The zero-order valence-corrected chi connectivity index (χ0v) is 14.3. The molecule has 0 aromatic heterocycles. The predicted octanol–water partition coefficient (Wildman–Crippen LogP) is 1.89. The van der Waals surface area contributed by atoms with E-state index in [0.29, 0.717) is 6.61 Å². The first-order valence-corrected chi connectivity index (χ1v) is 7.67. The van der Waals surface area contributed by atoms with Crippen LogP contribution in [-0.2, 0) is 20.9 Å². The van der Waals surface area contributed by atoms with Crippen molar-refractivity contribution in [2.24, 2.45) is 0 Å². The molecular formula is C17H25NO6. The van der Waals surface area contributed by atoms with Crippen molar-refractivity contribution in [3.05, 3.63) is 35.9 Å². The van der Waals surface area contributed by atoms with Gasteiger partial charge in [-0.15, -0.1) is 0 Å². The second-order valence-electron chi connectivity index (χ2n) is 6.41. The third-order valence-corrected chi connectivity index (χ3v) is 2.83. The SMILES string of the molecule is CC(C)(C)OC(=O)N(CC(=O)O)C[C@@H](O)COCc1ccccc1. The van der Waals surface area contributed by atoms with Crippen LogP contribution in [0.1, 0.15) is 26.3 Å². The van der Waals surface area contributed by atoms with Crippen LogP contribution in [0.2, 0.25) is 0 Å². The summed E-state index contributed by atoms with van der Waals surface area (Å²) in [5.74, 6) is -1.18. The van der Waals surface area contributed by atoms with Crippen molar-refractivity contribution in [1.82, 2.24) is 4.90 Å². The number of aliphatic carboxylic acids is 1. The summed E-state index contributed by atoms with van der Waals surface area (Å²) < 4.78 is 10.5. The number of rotatable bonds is 8. The number of aliphatic hydroxyl groups is 1. The Balaban J connectivity index is 2.49. The van der Waals surface area contributed by atoms with E-state index in [4.69, 9.17) is 14.6 Å². The predicted molar refractivity (Wildman–Crippen MR) is 87.5 cm³/mol. The highest BCUT2D eigenvalue weighted by Gasteiger charge is 2.25. The Hall–Kier alpha value is -2.12. The zero-order chi connectivity index (χ0) is 18.2. The monoisotopic (exact) mass is 339 g/mol. The lowest BCUT2D eigenvalue weighted by Gasteiger charge is -2.27. The van der Waals surface area contributed by atoms with Crippen LogP contribution in [0.15, 0.2) is 30.3 Å². The number of nitrogens with zero attached hydrogens (tertiary/aromatic N) is 1. The Morgan fingerprint density at radius 3 is 2.38 bits per heavy atom. The van der Waals surface area contributed by atoms with Crippen molar-refractivity contribution >= 4 is 12.1 Å². The van der Waals surface area contributed by atoms with E-state index in [2.05, 4.69) is 0 Å². The quantitative estimate of drug-likeness (QED) is 0.751. The van der Waals surface area contributed by atoms with Gasteiger partial charge >= 0.3 is 12.1 Å². The number of hydrogen-bond acceptors (Lipinski definition) is 5. The third kappa shape index (κ3) is 8.50. The number of carbonyl (C=O) groups excluding carboxylic acids is 1. The van der Waals surface area contributed by atoms with E-state index >= 15 is 0 Å². The van der Waals surface area contributed by atoms with Crippen molar-refractivity contribution in [2.45, 2.75) is 39.1 Å². The van der Waals surface area contributed by atoms with Gasteiger partial charge in [0, 0.05) is 0 Å². The summed E-state index contributed by atoms with van der Waals surface area (Å²) in [6, 6.07) is 9.44. The lowest BCUT2D eigenvalue weighted by molar-refractivity contribution is -0.138. The maximum Gasteiger partial charge on any atom is 0.410 e. The van der Waals surface area contributed by atoms with Gasteiger partial charge in [0.1, 0.15) is 12.1 Å². The van der Waals surface area contributed by atoms with Gasteiger partial charge in [0.15, 0.2) is 0 Å². The highest BCUT2D eigenvalue weighted by molar-refractivity contribution is 5.76. The molecule has 7 nitrogen and oxygen atoms in total. The summed E-state index contributed by atoms with van der Waals surface area (Å²) in [5.41, 5.74) is 0.210. The number of hydrogen-bond donors (Lipinski definition) is 2. The Bertz CT molecular complexity index is 526. The number of benzene rings is 1. The summed E-state index contributed by atoms with van der Waals surface area (Å²) in [4.78, 5) is 23.9. The van der Waals surface area contributed by atoms with Crippen LogP contribution < -0.4 is 0 Å². The molecule has 7 heteroatoms. The summed E-state index contributed by atoms with van der Waals surface area (Å²) in [7, 11) is 0. The number of carboxylic acids is 1. The maximum atomic E-state index is 12.0. The van der Waals surface area contributed by atoms with Crippen molar-refractivity contribution in [1.29, 1.82) is 0 Å². The van der Waals surface area contributed by atoms with Crippen LogP contribution in [0.4, 0.5) is 4.79 Å². The average molecular weight is 339 g/mol. The molecule has 0 spiro atoms. The van der Waals surface area contributed by atoms with Crippen LogP contribution in [-0.4, -0.2) is 58.6 Å². The lowest BCUT2D eigenvalue weighted by Crippen LogP contribution is -2.44. The van der Waals surface area contributed by atoms with E-state index < -0.39 is 30.3 Å². The molecule has 1 aromatic rings. The van der Waals surface area contributed by atoms with Gasteiger partial charge in [0.2, 0.25) is 0 Å². The molecule has 0 heterocycles. The van der Waals surface area contributed by atoms with E-state index in [0.717, 1.165) is 10.5 Å². The van der Waals surface area contributed by atoms with Crippen molar-refractivity contribution < 1.29 is 29.3 Å². The second kappa shape index (κ2) is 9.24. The molecule has 0 saturated carbocycles. The lowest BCUT2D eigenvalue weighted by atomic mass is 10.2. The van der Waals surface area contributed by atoms with E-state index in [1.54, 1.807) is 20.8 Å². The molecule has 0 aliphatic rings. The van der Waals surface area contributed by atoms with Crippen molar-refractivity contribution in [3.63, 3.8) is 0 Å². The minimum absolute atomic E-state index is 0.0200. The number of ether oxygens (including phenoxy) is 2. The molecule has 134 valence electrons. The Labute approximate surface area is 141 Å². The topological polar surface area (TPSA) is 96.3 Å². The van der Waals surface area contributed by atoms with Crippen LogP contribution in [0.3, 0.4) is 0 Å². The third-order valence-electron chi connectivity index (χ3n) is 2.83. The molecule has 1 amide bonds. The molecule has 0 saturated heterocycles. The van der Waals surface area contributed by atoms with Gasteiger partial charge in [-0.1, -0.05) is 30.3 Å². The molecule has 0 radical (unpaired) electrons. The number of carboxylic acid groups (broad SMARTS) is 1. The first-order chi connectivity index (χ1) is 11.2. The zero-order valence-electron chi connectivity index (χ0n) is 14.3. The van der Waals surface area contributed by atoms with Crippen LogP contribution in [0.5, 0.6) is 0 Å². The van der Waals surface area contributed by atoms with Gasteiger partial charge < -0.3 is 19.7 Å². The van der Waals surface area contributed by atoms with Gasteiger partial charge in [0.05, 0.1) is 25.9 Å². The molecule has 1 atom stereocenters. The van der Waals surface area contributed by atoms with E-state index in [9.17, 15) is 14.7 Å². The average Bonchev–Trinajstić information content (AvgIpc) is 2.45. The molecule has 2 N–H and O–H groups in total. The van der Waals surface area contributed by atoms with Gasteiger partial charge in [-0.2, -0.15) is 0 Å². The Morgan fingerprint density at radius 1 is 1.21 bits per heavy atom. The van der Waals surface area contributed by atoms with Crippen LogP contribution in [0, 0.1) is 0 Å². The fraction of sp³-hybridized carbons (Fsp3) is 0.529. The number of aliphatic hydroxyl groups excluding tert-OH is 1. The molecule has 0 aliphatic heterocycles. The minimum atomic E-state index is -1.18. The van der Waals surface area contributed by atoms with Gasteiger partial charge in [0.25, 0.3) is 0 Å². The van der Waals surface area contributed by atoms with Crippen molar-refractivity contribution in [3.8, 4) is 0 Å². The highest BCUT2D eigenvalue weighted by atomic mass is 16.6. The van der Waals surface area contributed by atoms with Crippen LogP contribution in [0.25, 0.3) is 0 Å². The minimum Gasteiger partial charge on any atom is -0.480 e. The highest BCUT2D eigenvalue weighted by Crippen LogP contribution is 2.10. The molecule has 0 bridgehead atoms.